The molecular formula is C43H64O5. The number of esters is 2. The van der Waals surface area contributed by atoms with Gasteiger partial charge in [-0.25, -0.2) is 0 Å². The number of aliphatic hydroxyl groups is 1. The molecular weight excluding hydrogens is 596 g/mol. The molecule has 0 saturated heterocycles. The quantitative estimate of drug-likeness (QED) is 0.287. The van der Waals surface area contributed by atoms with Crippen LogP contribution in [0, 0.1) is 39.9 Å². The van der Waals surface area contributed by atoms with Crippen LogP contribution >= 0.6 is 0 Å². The lowest BCUT2D eigenvalue weighted by molar-refractivity contribution is -0.189. The van der Waals surface area contributed by atoms with Gasteiger partial charge in [-0.1, -0.05) is 54.7 Å². The van der Waals surface area contributed by atoms with E-state index in [0.717, 1.165) is 70.6 Å². The summed E-state index contributed by atoms with van der Waals surface area (Å²) in [4.78, 5) is 27.3. The monoisotopic (exact) mass is 660 g/mol. The molecule has 5 nitrogen and oxygen atoms in total. The molecule has 0 aromatic rings. The average molecular weight is 661 g/mol. The first-order chi connectivity index (χ1) is 22.6. The summed E-state index contributed by atoms with van der Waals surface area (Å²) < 4.78 is 12.2. The van der Waals surface area contributed by atoms with Gasteiger partial charge >= 0.3 is 11.9 Å². The molecule has 0 aromatic carbocycles. The van der Waals surface area contributed by atoms with Crippen molar-refractivity contribution >= 4 is 11.9 Å². The summed E-state index contributed by atoms with van der Waals surface area (Å²) >= 11 is 0. The summed E-state index contributed by atoms with van der Waals surface area (Å²) in [5.41, 5.74) is 8.10. The lowest BCUT2D eigenvalue weighted by Gasteiger charge is -2.58. The Bertz CT molecular complexity index is 1420. The maximum absolute atomic E-state index is 13.9. The highest BCUT2D eigenvalue weighted by atomic mass is 16.6. The molecule has 1 N–H and O–H groups in total. The molecule has 0 spiro atoms. The summed E-state index contributed by atoms with van der Waals surface area (Å²) in [6, 6.07) is 0. The van der Waals surface area contributed by atoms with Crippen molar-refractivity contribution in [3.05, 3.63) is 45.6 Å². The number of allylic oxidation sites excluding steroid dienone is 8. The van der Waals surface area contributed by atoms with Crippen LogP contribution in [0.5, 0.6) is 0 Å². The Balaban J connectivity index is 1.06. The van der Waals surface area contributed by atoms with Crippen LogP contribution in [0.4, 0.5) is 0 Å². The lowest BCUT2D eigenvalue weighted by atomic mass is 9.46. The minimum Gasteiger partial charge on any atom is -0.462 e. The van der Waals surface area contributed by atoms with E-state index in [1.165, 1.54) is 41.6 Å². The van der Waals surface area contributed by atoms with Crippen molar-refractivity contribution in [3.63, 3.8) is 0 Å². The van der Waals surface area contributed by atoms with E-state index in [0.29, 0.717) is 17.8 Å². The highest BCUT2D eigenvalue weighted by molar-refractivity contribution is 5.77. The SMILES string of the molecule is CC(C)=C1C=C2CCC3C(C)(OC(=O)CC(O)COC(=O)C4(C)CCCC5(C)C6CCC(=C(C)C)C=C6CCC45)CCCC3(C)C2CC1. The molecule has 6 rings (SSSR count). The molecule has 0 aromatic heterocycles. The lowest BCUT2D eigenvalue weighted by Crippen LogP contribution is -2.56. The van der Waals surface area contributed by atoms with Gasteiger partial charge in [0.1, 0.15) is 12.2 Å². The smallest absolute Gasteiger partial charge is 0.312 e. The molecule has 6 aliphatic carbocycles. The van der Waals surface area contributed by atoms with Gasteiger partial charge in [0.05, 0.1) is 17.9 Å². The molecule has 48 heavy (non-hydrogen) atoms. The maximum atomic E-state index is 13.9. The van der Waals surface area contributed by atoms with Crippen molar-refractivity contribution in [2.24, 2.45) is 39.9 Å². The second-order valence-corrected chi connectivity index (χ2v) is 18.2. The third-order valence-corrected chi connectivity index (χ3v) is 14.9. The number of aliphatic hydroxyl groups excluding tert-OH is 1. The third kappa shape index (κ3) is 6.21. The first-order valence-corrected chi connectivity index (χ1v) is 19.4. The minimum absolute atomic E-state index is 0.0802. The van der Waals surface area contributed by atoms with Gasteiger partial charge in [0.2, 0.25) is 0 Å². The summed E-state index contributed by atoms with van der Waals surface area (Å²) in [6.07, 6.45) is 18.6. The van der Waals surface area contributed by atoms with Gasteiger partial charge in [0, 0.05) is 5.92 Å². The zero-order valence-electron chi connectivity index (χ0n) is 31.4. The normalized spacial score (nSPS) is 39.8. The number of carbonyl (C=O) groups is 2. The number of ether oxygens (including phenoxy) is 2. The average Bonchev–Trinajstić information content (AvgIpc) is 3.02. The maximum Gasteiger partial charge on any atom is 0.312 e. The number of hydrogen-bond acceptors (Lipinski definition) is 5. The number of rotatable bonds is 6. The second-order valence-electron chi connectivity index (χ2n) is 18.2. The highest BCUT2D eigenvalue weighted by Crippen LogP contribution is 2.64. The van der Waals surface area contributed by atoms with Crippen LogP contribution in [-0.2, 0) is 19.1 Å². The Kier molecular flexibility index (Phi) is 9.81. The van der Waals surface area contributed by atoms with Gasteiger partial charge in [0.25, 0.3) is 0 Å². The number of fused-ring (bicyclic) bond motifs is 6. The Morgan fingerprint density at radius 2 is 1.27 bits per heavy atom. The molecule has 4 fully saturated rings. The van der Waals surface area contributed by atoms with E-state index < -0.39 is 17.1 Å². The molecule has 0 bridgehead atoms. The van der Waals surface area contributed by atoms with Crippen molar-refractivity contribution in [2.45, 2.75) is 163 Å². The Morgan fingerprint density at radius 3 is 1.83 bits per heavy atom. The predicted molar refractivity (Wildman–Crippen MR) is 192 cm³/mol. The molecule has 0 aliphatic heterocycles. The van der Waals surface area contributed by atoms with Crippen LogP contribution in [-0.4, -0.2) is 35.4 Å². The fourth-order valence-electron chi connectivity index (χ4n) is 12.3. The van der Waals surface area contributed by atoms with Gasteiger partial charge in [-0.3, -0.25) is 9.59 Å². The zero-order chi connectivity index (χ0) is 34.6. The Hall–Kier alpha value is -2.14. The van der Waals surface area contributed by atoms with E-state index in [1.54, 1.807) is 11.1 Å². The van der Waals surface area contributed by atoms with E-state index in [1.807, 2.05) is 0 Å². The Labute approximate surface area is 291 Å². The summed E-state index contributed by atoms with van der Waals surface area (Å²) in [5, 5.41) is 11.0. The first kappa shape index (κ1) is 35.7. The topological polar surface area (TPSA) is 72.8 Å². The van der Waals surface area contributed by atoms with E-state index in [9.17, 15) is 14.7 Å². The third-order valence-electron chi connectivity index (χ3n) is 14.9. The van der Waals surface area contributed by atoms with E-state index >= 15 is 0 Å². The van der Waals surface area contributed by atoms with Crippen LogP contribution < -0.4 is 0 Å². The minimum atomic E-state index is -1.07. The van der Waals surface area contributed by atoms with Gasteiger partial charge in [-0.05, 0) is 165 Å². The van der Waals surface area contributed by atoms with Crippen molar-refractivity contribution in [1.82, 2.24) is 0 Å². The molecule has 5 heteroatoms. The van der Waals surface area contributed by atoms with Crippen LogP contribution in [0.3, 0.4) is 0 Å². The molecule has 9 atom stereocenters. The fourth-order valence-corrected chi connectivity index (χ4v) is 12.3. The Morgan fingerprint density at radius 1 is 0.750 bits per heavy atom. The highest BCUT2D eigenvalue weighted by Gasteiger charge is 2.59. The van der Waals surface area contributed by atoms with Gasteiger partial charge in [0.15, 0.2) is 0 Å². The zero-order valence-corrected chi connectivity index (χ0v) is 31.4. The number of carbonyl (C=O) groups excluding carboxylic acids is 2. The number of hydrogen-bond donors (Lipinski definition) is 1. The molecule has 0 heterocycles. The standard InChI is InChI=1S/C43H64O5/c1-27(2)29-11-15-34-31(23-29)13-17-36-40(34,5)19-9-21-42(36,7)39(46)47-26-33(44)25-38(45)48-43(8)22-10-20-41(6)35-16-12-30(28(3)4)24-32(35)14-18-37(41)43/h23-24,33-37,44H,9-22,25-26H2,1-8H3. The summed E-state index contributed by atoms with van der Waals surface area (Å²) in [7, 11) is 0. The van der Waals surface area contributed by atoms with Crippen molar-refractivity contribution in [1.29, 1.82) is 0 Å². The van der Waals surface area contributed by atoms with E-state index in [4.69, 9.17) is 9.47 Å². The van der Waals surface area contributed by atoms with Crippen LogP contribution in [0.25, 0.3) is 0 Å². The van der Waals surface area contributed by atoms with E-state index in [-0.39, 0.29) is 41.7 Å². The van der Waals surface area contributed by atoms with Crippen LogP contribution in [0.15, 0.2) is 45.6 Å². The molecule has 0 radical (unpaired) electrons. The summed E-state index contributed by atoms with van der Waals surface area (Å²) in [6.45, 7) is 17.8. The van der Waals surface area contributed by atoms with Crippen molar-refractivity contribution < 1.29 is 24.2 Å². The second kappa shape index (κ2) is 13.2. The predicted octanol–water partition coefficient (Wildman–Crippen LogP) is 10.1. The van der Waals surface area contributed by atoms with Crippen molar-refractivity contribution in [3.8, 4) is 0 Å². The molecule has 6 aliphatic rings. The van der Waals surface area contributed by atoms with Crippen LogP contribution in [0.1, 0.15) is 152 Å². The van der Waals surface area contributed by atoms with E-state index in [2.05, 4.69) is 67.5 Å². The molecule has 4 saturated carbocycles. The fraction of sp³-hybridized carbons (Fsp3) is 0.767. The molecule has 266 valence electrons. The van der Waals surface area contributed by atoms with Crippen molar-refractivity contribution in [2.75, 3.05) is 6.61 Å². The largest absolute Gasteiger partial charge is 0.462 e. The van der Waals surface area contributed by atoms with Gasteiger partial charge < -0.3 is 14.6 Å². The van der Waals surface area contributed by atoms with Gasteiger partial charge in [-0.2, -0.15) is 0 Å². The molecule has 9 unspecified atom stereocenters. The molecule has 0 amide bonds. The summed E-state index contributed by atoms with van der Waals surface area (Å²) in [5.74, 6) is 1.05. The first-order valence-electron chi connectivity index (χ1n) is 19.4. The van der Waals surface area contributed by atoms with Gasteiger partial charge in [-0.15, -0.1) is 0 Å². The van der Waals surface area contributed by atoms with Crippen LogP contribution in [0.2, 0.25) is 0 Å².